The molecule has 0 fully saturated rings. The van der Waals surface area contributed by atoms with E-state index in [1.807, 2.05) is 20.9 Å². The molecule has 0 spiro atoms. The van der Waals surface area contributed by atoms with Crippen LogP contribution in [0.4, 0.5) is 11.5 Å². The number of anilines is 2. The summed E-state index contributed by atoms with van der Waals surface area (Å²) in [5.74, 6) is 0.705. The Hall–Kier alpha value is -1.30. The minimum absolute atomic E-state index is 0.0115. The van der Waals surface area contributed by atoms with Crippen molar-refractivity contribution < 1.29 is 4.79 Å². The quantitative estimate of drug-likeness (QED) is 0.867. The smallest absolute Gasteiger partial charge is 0.239 e. The summed E-state index contributed by atoms with van der Waals surface area (Å²) in [4.78, 5) is 17.7. The third kappa shape index (κ3) is 3.60. The number of nitrogens with zero attached hydrogens (tertiary/aromatic N) is 2. The highest BCUT2D eigenvalue weighted by Gasteiger charge is 2.13. The van der Waals surface area contributed by atoms with Gasteiger partial charge in [-0.05, 0) is 34.8 Å². The zero-order chi connectivity index (χ0) is 13.7. The van der Waals surface area contributed by atoms with Gasteiger partial charge in [-0.15, -0.1) is 0 Å². The fraction of sp³-hybridized carbons (Fsp3) is 0.500. The first-order valence-electron chi connectivity index (χ1n) is 5.85. The maximum Gasteiger partial charge on any atom is 0.239 e. The summed E-state index contributed by atoms with van der Waals surface area (Å²) >= 11 is 3.46. The molecule has 5 nitrogen and oxygen atoms in total. The predicted octanol–water partition coefficient (Wildman–Crippen LogP) is 1.70. The highest BCUT2D eigenvalue weighted by Crippen LogP contribution is 2.29. The topological polar surface area (TPSA) is 71.2 Å². The molecule has 0 aliphatic rings. The van der Waals surface area contributed by atoms with Crippen LogP contribution < -0.4 is 16.0 Å². The number of carbonyl (C=O) groups is 1. The number of carbonyl (C=O) groups excluding carboxylic acids is 1. The van der Waals surface area contributed by atoms with Gasteiger partial charge in [-0.25, -0.2) is 4.98 Å². The van der Waals surface area contributed by atoms with Crippen molar-refractivity contribution in [1.29, 1.82) is 0 Å². The van der Waals surface area contributed by atoms with Crippen LogP contribution in [0.1, 0.15) is 18.9 Å². The van der Waals surface area contributed by atoms with Gasteiger partial charge in [0.25, 0.3) is 0 Å². The first-order chi connectivity index (χ1) is 8.47. The summed E-state index contributed by atoms with van der Waals surface area (Å²) in [5, 5.41) is 2.83. The molecule has 0 aromatic carbocycles. The number of hydrogen-bond acceptors (Lipinski definition) is 4. The number of aromatic nitrogens is 1. The average molecular weight is 315 g/mol. The highest BCUT2D eigenvalue weighted by molar-refractivity contribution is 9.10. The maximum absolute atomic E-state index is 11.6. The molecule has 100 valence electrons. The second kappa shape index (κ2) is 6.58. The van der Waals surface area contributed by atoms with Crippen LogP contribution in [0.3, 0.4) is 0 Å². The predicted molar refractivity (Wildman–Crippen MR) is 77.7 cm³/mol. The van der Waals surface area contributed by atoms with Crippen molar-refractivity contribution in [2.75, 3.05) is 30.8 Å². The maximum atomic E-state index is 11.6. The Bertz CT molecular complexity index is 436. The molecular formula is C12H19BrN4O. The number of halogens is 1. The highest BCUT2D eigenvalue weighted by atomic mass is 79.9. The van der Waals surface area contributed by atoms with E-state index in [2.05, 4.69) is 26.2 Å². The summed E-state index contributed by atoms with van der Waals surface area (Å²) in [6.07, 6.45) is 2.54. The van der Waals surface area contributed by atoms with E-state index >= 15 is 0 Å². The summed E-state index contributed by atoms with van der Waals surface area (Å²) < 4.78 is 0.827. The molecule has 1 aromatic heterocycles. The summed E-state index contributed by atoms with van der Waals surface area (Å²) in [5.41, 5.74) is 7.33. The SMILES string of the molecule is CCCNC(=O)CN(C)c1ncc(N)c(C)c1Br. The number of hydrogen-bond donors (Lipinski definition) is 2. The van der Waals surface area contributed by atoms with Crippen LogP contribution in [0.25, 0.3) is 0 Å². The molecule has 0 radical (unpaired) electrons. The third-order valence-electron chi connectivity index (χ3n) is 2.60. The lowest BCUT2D eigenvalue weighted by Crippen LogP contribution is -2.36. The van der Waals surface area contributed by atoms with E-state index in [0.29, 0.717) is 18.1 Å². The third-order valence-corrected chi connectivity index (χ3v) is 3.55. The summed E-state index contributed by atoms with van der Waals surface area (Å²) in [6, 6.07) is 0. The van der Waals surface area contributed by atoms with Crippen LogP contribution in [0.5, 0.6) is 0 Å². The van der Waals surface area contributed by atoms with Gasteiger partial charge in [0.2, 0.25) is 5.91 Å². The average Bonchev–Trinajstić information content (AvgIpc) is 2.33. The number of amides is 1. The molecule has 18 heavy (non-hydrogen) atoms. The van der Waals surface area contributed by atoms with Crippen molar-refractivity contribution in [2.24, 2.45) is 0 Å². The van der Waals surface area contributed by atoms with E-state index in [1.54, 1.807) is 11.1 Å². The molecule has 0 unspecified atom stereocenters. The van der Waals surface area contributed by atoms with E-state index < -0.39 is 0 Å². The van der Waals surface area contributed by atoms with Crippen molar-refractivity contribution >= 4 is 33.3 Å². The lowest BCUT2D eigenvalue weighted by atomic mass is 10.2. The van der Waals surface area contributed by atoms with Crippen molar-refractivity contribution in [3.63, 3.8) is 0 Å². The molecule has 0 saturated carbocycles. The first kappa shape index (κ1) is 14.8. The molecule has 0 bridgehead atoms. The Kier molecular flexibility index (Phi) is 5.40. The molecule has 6 heteroatoms. The number of pyridine rings is 1. The monoisotopic (exact) mass is 314 g/mol. The molecule has 3 N–H and O–H groups in total. The fourth-order valence-electron chi connectivity index (χ4n) is 1.46. The van der Waals surface area contributed by atoms with E-state index in [9.17, 15) is 4.79 Å². The van der Waals surface area contributed by atoms with Gasteiger partial charge >= 0.3 is 0 Å². The van der Waals surface area contributed by atoms with E-state index in [0.717, 1.165) is 16.5 Å². The first-order valence-corrected chi connectivity index (χ1v) is 6.65. The number of rotatable bonds is 5. The Labute approximate surface area is 116 Å². The minimum Gasteiger partial charge on any atom is -0.397 e. The van der Waals surface area contributed by atoms with E-state index in [1.165, 1.54) is 0 Å². The fourth-order valence-corrected chi connectivity index (χ4v) is 2.09. The van der Waals surface area contributed by atoms with Gasteiger partial charge in [0, 0.05) is 13.6 Å². The lowest BCUT2D eigenvalue weighted by molar-refractivity contribution is -0.119. The van der Waals surface area contributed by atoms with Crippen LogP contribution in [0.2, 0.25) is 0 Å². The molecule has 0 saturated heterocycles. The largest absolute Gasteiger partial charge is 0.397 e. The molecular weight excluding hydrogens is 296 g/mol. The van der Waals surface area contributed by atoms with Crippen molar-refractivity contribution in [2.45, 2.75) is 20.3 Å². The Morgan fingerprint density at radius 3 is 2.89 bits per heavy atom. The molecule has 0 atom stereocenters. The molecule has 0 aliphatic heterocycles. The zero-order valence-electron chi connectivity index (χ0n) is 11.0. The van der Waals surface area contributed by atoms with Crippen LogP contribution in [-0.4, -0.2) is 31.0 Å². The lowest BCUT2D eigenvalue weighted by Gasteiger charge is -2.20. The van der Waals surface area contributed by atoms with E-state index in [4.69, 9.17) is 5.73 Å². The Morgan fingerprint density at radius 2 is 2.28 bits per heavy atom. The molecule has 1 aromatic rings. The normalized spacial score (nSPS) is 10.2. The standard InChI is InChI=1S/C12H19BrN4O/c1-4-5-15-10(18)7-17(3)12-11(13)8(2)9(14)6-16-12/h6H,4-5,7,14H2,1-3H3,(H,15,18). The van der Waals surface area contributed by atoms with Crippen molar-refractivity contribution in [3.8, 4) is 0 Å². The second-order valence-electron chi connectivity index (χ2n) is 4.18. The van der Waals surface area contributed by atoms with Gasteiger partial charge in [-0.1, -0.05) is 6.92 Å². The molecule has 1 rings (SSSR count). The number of nitrogens with one attached hydrogen (secondary N) is 1. The Morgan fingerprint density at radius 1 is 1.61 bits per heavy atom. The number of nitrogens with two attached hydrogens (primary N) is 1. The summed E-state index contributed by atoms with van der Waals surface area (Å²) in [6.45, 7) is 4.90. The van der Waals surface area contributed by atoms with Crippen LogP contribution in [0, 0.1) is 6.92 Å². The van der Waals surface area contributed by atoms with Gasteiger partial charge in [-0.3, -0.25) is 4.79 Å². The van der Waals surface area contributed by atoms with Gasteiger partial charge in [0.05, 0.1) is 22.9 Å². The van der Waals surface area contributed by atoms with Gasteiger partial charge < -0.3 is 16.0 Å². The van der Waals surface area contributed by atoms with Crippen LogP contribution in [0.15, 0.2) is 10.7 Å². The molecule has 1 amide bonds. The van der Waals surface area contributed by atoms with Gasteiger partial charge in [0.15, 0.2) is 0 Å². The van der Waals surface area contributed by atoms with Crippen molar-refractivity contribution in [1.82, 2.24) is 10.3 Å². The number of likely N-dealkylation sites (N-methyl/N-ethyl adjacent to an activating group) is 1. The van der Waals surface area contributed by atoms with Crippen LogP contribution in [-0.2, 0) is 4.79 Å². The second-order valence-corrected chi connectivity index (χ2v) is 4.98. The van der Waals surface area contributed by atoms with Gasteiger partial charge in [-0.2, -0.15) is 0 Å². The zero-order valence-corrected chi connectivity index (χ0v) is 12.5. The van der Waals surface area contributed by atoms with Crippen molar-refractivity contribution in [3.05, 3.63) is 16.2 Å². The summed E-state index contributed by atoms with van der Waals surface area (Å²) in [7, 11) is 1.83. The molecule has 0 aliphatic carbocycles. The van der Waals surface area contributed by atoms with Crippen LogP contribution >= 0.6 is 15.9 Å². The molecule has 1 heterocycles. The minimum atomic E-state index is -0.0115. The Balaban J connectivity index is 2.76. The number of nitrogen functional groups attached to an aromatic ring is 1. The van der Waals surface area contributed by atoms with E-state index in [-0.39, 0.29) is 12.5 Å². The van der Waals surface area contributed by atoms with Gasteiger partial charge in [0.1, 0.15) is 5.82 Å².